The van der Waals surface area contributed by atoms with Crippen molar-refractivity contribution in [2.45, 2.75) is 19.8 Å². The SMILES string of the molecule is COc1ccc(C)cc1CCNC(=O)Cc1coc2ccc3ccccc3c12. The molecule has 0 aliphatic carbocycles. The molecule has 0 atom stereocenters. The van der Waals surface area contributed by atoms with Crippen LogP contribution in [0.2, 0.25) is 0 Å². The maximum Gasteiger partial charge on any atom is 0.224 e. The van der Waals surface area contributed by atoms with Gasteiger partial charge >= 0.3 is 0 Å². The zero-order valence-electron chi connectivity index (χ0n) is 16.1. The van der Waals surface area contributed by atoms with Crippen molar-refractivity contribution in [1.29, 1.82) is 0 Å². The number of ether oxygens (including phenoxy) is 1. The van der Waals surface area contributed by atoms with E-state index in [9.17, 15) is 4.79 Å². The van der Waals surface area contributed by atoms with Crippen LogP contribution in [0.3, 0.4) is 0 Å². The van der Waals surface area contributed by atoms with Crippen molar-refractivity contribution in [3.05, 3.63) is 77.6 Å². The van der Waals surface area contributed by atoms with Crippen LogP contribution < -0.4 is 10.1 Å². The molecule has 0 bridgehead atoms. The zero-order chi connectivity index (χ0) is 19.5. The third kappa shape index (κ3) is 3.58. The van der Waals surface area contributed by atoms with Gasteiger partial charge in [-0.3, -0.25) is 4.79 Å². The monoisotopic (exact) mass is 373 g/mol. The molecule has 4 nitrogen and oxygen atoms in total. The summed E-state index contributed by atoms with van der Waals surface area (Å²) in [4.78, 5) is 12.5. The molecule has 1 aromatic heterocycles. The fourth-order valence-corrected chi connectivity index (χ4v) is 3.68. The van der Waals surface area contributed by atoms with Gasteiger partial charge in [0.1, 0.15) is 11.3 Å². The molecule has 0 fully saturated rings. The Morgan fingerprint density at radius 1 is 1.07 bits per heavy atom. The number of rotatable bonds is 6. The molecule has 1 N–H and O–H groups in total. The molecule has 4 aromatic rings. The van der Waals surface area contributed by atoms with Crippen LogP contribution in [0.1, 0.15) is 16.7 Å². The molecule has 1 heterocycles. The predicted octanol–water partition coefficient (Wildman–Crippen LogP) is 4.80. The summed E-state index contributed by atoms with van der Waals surface area (Å²) >= 11 is 0. The van der Waals surface area contributed by atoms with E-state index in [0.29, 0.717) is 13.0 Å². The number of furan rings is 1. The Kier molecular flexibility index (Phi) is 5.02. The molecule has 142 valence electrons. The van der Waals surface area contributed by atoms with Gasteiger partial charge in [-0.15, -0.1) is 0 Å². The molecule has 0 radical (unpaired) electrons. The lowest BCUT2D eigenvalue weighted by molar-refractivity contribution is -0.120. The van der Waals surface area contributed by atoms with Crippen molar-refractivity contribution in [2.24, 2.45) is 0 Å². The Morgan fingerprint density at radius 2 is 1.93 bits per heavy atom. The molecule has 1 amide bonds. The third-order valence-electron chi connectivity index (χ3n) is 5.04. The van der Waals surface area contributed by atoms with E-state index in [-0.39, 0.29) is 5.91 Å². The molecule has 0 saturated heterocycles. The van der Waals surface area contributed by atoms with Gasteiger partial charge in [-0.25, -0.2) is 0 Å². The smallest absolute Gasteiger partial charge is 0.224 e. The quantitative estimate of drug-likeness (QED) is 0.528. The number of carbonyl (C=O) groups is 1. The molecule has 4 rings (SSSR count). The van der Waals surface area contributed by atoms with E-state index in [1.165, 1.54) is 5.56 Å². The molecule has 0 aliphatic heterocycles. The Bertz CT molecular complexity index is 1140. The summed E-state index contributed by atoms with van der Waals surface area (Å²) in [6.07, 6.45) is 2.72. The van der Waals surface area contributed by atoms with Gasteiger partial charge in [0.05, 0.1) is 19.8 Å². The Morgan fingerprint density at radius 3 is 2.79 bits per heavy atom. The Balaban J connectivity index is 1.46. The number of nitrogens with one attached hydrogen (secondary N) is 1. The van der Waals surface area contributed by atoms with Crippen molar-refractivity contribution in [2.75, 3.05) is 13.7 Å². The van der Waals surface area contributed by atoms with E-state index in [2.05, 4.69) is 30.4 Å². The van der Waals surface area contributed by atoms with Gasteiger partial charge in [0, 0.05) is 17.5 Å². The van der Waals surface area contributed by atoms with Crippen LogP contribution in [0, 0.1) is 6.92 Å². The van der Waals surface area contributed by atoms with Crippen LogP contribution in [0.25, 0.3) is 21.7 Å². The highest BCUT2D eigenvalue weighted by atomic mass is 16.5. The van der Waals surface area contributed by atoms with Crippen LogP contribution in [0.4, 0.5) is 0 Å². The average Bonchev–Trinajstić information content (AvgIpc) is 3.11. The Labute approximate surface area is 164 Å². The Hall–Kier alpha value is -3.27. The van der Waals surface area contributed by atoms with E-state index in [1.807, 2.05) is 36.4 Å². The van der Waals surface area contributed by atoms with E-state index in [1.54, 1.807) is 13.4 Å². The first kappa shape index (κ1) is 18.1. The molecule has 28 heavy (non-hydrogen) atoms. The van der Waals surface area contributed by atoms with Gasteiger partial charge in [-0.1, -0.05) is 48.0 Å². The molecule has 0 aliphatic rings. The number of methoxy groups -OCH3 is 1. The molecular weight excluding hydrogens is 350 g/mol. The van der Waals surface area contributed by atoms with Crippen molar-refractivity contribution >= 4 is 27.6 Å². The van der Waals surface area contributed by atoms with Crippen LogP contribution in [0.15, 0.2) is 65.3 Å². The number of fused-ring (bicyclic) bond motifs is 3. The zero-order valence-corrected chi connectivity index (χ0v) is 16.1. The number of hydrogen-bond acceptors (Lipinski definition) is 3. The first-order chi connectivity index (χ1) is 13.7. The average molecular weight is 373 g/mol. The van der Waals surface area contributed by atoms with E-state index in [4.69, 9.17) is 9.15 Å². The second kappa shape index (κ2) is 7.77. The first-order valence-electron chi connectivity index (χ1n) is 9.44. The standard InChI is InChI=1S/C24H23NO3/c1-16-7-9-21(27-2)18(13-16)11-12-25-23(26)14-19-15-28-22-10-8-17-5-3-4-6-20(17)24(19)22/h3-10,13,15H,11-12,14H2,1-2H3,(H,25,26). The van der Waals surface area contributed by atoms with Gasteiger partial charge in [0.2, 0.25) is 5.91 Å². The summed E-state index contributed by atoms with van der Waals surface area (Å²) in [7, 11) is 1.67. The third-order valence-corrected chi connectivity index (χ3v) is 5.04. The highest BCUT2D eigenvalue weighted by Gasteiger charge is 2.13. The molecule has 0 spiro atoms. The van der Waals surface area contributed by atoms with Gasteiger partial charge in [-0.05, 0) is 41.8 Å². The molecular formula is C24H23NO3. The number of benzene rings is 3. The highest BCUT2D eigenvalue weighted by molar-refractivity contribution is 6.08. The number of amides is 1. The fraction of sp³-hybridized carbons (Fsp3) is 0.208. The summed E-state index contributed by atoms with van der Waals surface area (Å²) in [6.45, 7) is 2.62. The van der Waals surface area contributed by atoms with Crippen molar-refractivity contribution in [3.63, 3.8) is 0 Å². The topological polar surface area (TPSA) is 51.5 Å². The van der Waals surface area contributed by atoms with Gasteiger partial charge in [-0.2, -0.15) is 0 Å². The molecule has 3 aromatic carbocycles. The summed E-state index contributed by atoms with van der Waals surface area (Å²) < 4.78 is 11.1. The van der Waals surface area contributed by atoms with E-state index < -0.39 is 0 Å². The first-order valence-corrected chi connectivity index (χ1v) is 9.44. The minimum Gasteiger partial charge on any atom is -0.496 e. The highest BCUT2D eigenvalue weighted by Crippen LogP contribution is 2.30. The van der Waals surface area contributed by atoms with Gasteiger partial charge in [0.25, 0.3) is 0 Å². The van der Waals surface area contributed by atoms with Crippen LogP contribution in [-0.4, -0.2) is 19.6 Å². The second-order valence-corrected chi connectivity index (χ2v) is 7.01. The summed E-state index contributed by atoms with van der Waals surface area (Å²) in [5.41, 5.74) is 4.00. The minimum atomic E-state index is -0.0118. The van der Waals surface area contributed by atoms with E-state index >= 15 is 0 Å². The normalized spacial score (nSPS) is 11.1. The number of aryl methyl sites for hydroxylation is 1. The van der Waals surface area contributed by atoms with Crippen molar-refractivity contribution in [3.8, 4) is 5.75 Å². The van der Waals surface area contributed by atoms with Gasteiger partial charge in [0.15, 0.2) is 0 Å². The lowest BCUT2D eigenvalue weighted by Crippen LogP contribution is -2.27. The maximum atomic E-state index is 12.5. The molecule has 0 saturated carbocycles. The van der Waals surface area contributed by atoms with E-state index in [0.717, 1.165) is 45.0 Å². The summed E-state index contributed by atoms with van der Waals surface area (Å²) in [6, 6.07) is 18.3. The minimum absolute atomic E-state index is 0.0118. The lowest BCUT2D eigenvalue weighted by atomic mass is 10.0. The summed E-state index contributed by atoms with van der Waals surface area (Å²) in [5, 5.41) is 6.29. The van der Waals surface area contributed by atoms with Crippen LogP contribution in [-0.2, 0) is 17.6 Å². The molecule has 0 unspecified atom stereocenters. The molecule has 4 heteroatoms. The summed E-state index contributed by atoms with van der Waals surface area (Å²) in [5.74, 6) is 0.842. The van der Waals surface area contributed by atoms with Crippen LogP contribution in [0.5, 0.6) is 5.75 Å². The second-order valence-electron chi connectivity index (χ2n) is 7.01. The number of carbonyl (C=O) groups excluding carboxylic acids is 1. The predicted molar refractivity (Wildman–Crippen MR) is 112 cm³/mol. The van der Waals surface area contributed by atoms with Crippen molar-refractivity contribution in [1.82, 2.24) is 5.32 Å². The largest absolute Gasteiger partial charge is 0.496 e. The van der Waals surface area contributed by atoms with Gasteiger partial charge < -0.3 is 14.5 Å². The fourth-order valence-electron chi connectivity index (χ4n) is 3.68. The lowest BCUT2D eigenvalue weighted by Gasteiger charge is -2.10. The van der Waals surface area contributed by atoms with Crippen LogP contribution >= 0.6 is 0 Å². The number of hydrogen-bond donors (Lipinski definition) is 1. The van der Waals surface area contributed by atoms with Crippen molar-refractivity contribution < 1.29 is 13.9 Å². The maximum absolute atomic E-state index is 12.5.